The predicted octanol–water partition coefficient (Wildman–Crippen LogP) is 0.544. The van der Waals surface area contributed by atoms with Gasteiger partial charge in [-0.15, -0.1) is 0 Å². The Hall–Kier alpha value is -0.900. The van der Waals surface area contributed by atoms with Crippen LogP contribution in [-0.4, -0.2) is 31.6 Å². The normalized spacial score (nSPS) is 33.2. The lowest BCUT2D eigenvalue weighted by Gasteiger charge is -2.13. The second-order valence-electron chi connectivity index (χ2n) is 3.58. The molecule has 0 aromatic rings. The molecular weight excluding hydrogens is 172 g/mol. The number of cyclic esters (lactones) is 1. The van der Waals surface area contributed by atoms with E-state index in [1.807, 2.05) is 0 Å². The lowest BCUT2D eigenvalue weighted by atomic mass is 9.83. The molecule has 0 N–H and O–H groups in total. The van der Waals surface area contributed by atoms with E-state index in [2.05, 4.69) is 0 Å². The summed E-state index contributed by atoms with van der Waals surface area (Å²) in [4.78, 5) is 22.5. The summed E-state index contributed by atoms with van der Waals surface area (Å²) in [6.45, 7) is 3.39. The molecule has 1 aliphatic rings. The van der Waals surface area contributed by atoms with Crippen LogP contribution in [0.15, 0.2) is 0 Å². The molecule has 0 unspecified atom stereocenters. The Kier molecular flexibility index (Phi) is 2.71. The van der Waals surface area contributed by atoms with Gasteiger partial charge in [-0.3, -0.25) is 9.59 Å². The van der Waals surface area contributed by atoms with Crippen LogP contribution in [0.25, 0.3) is 0 Å². The zero-order valence-electron chi connectivity index (χ0n) is 8.12. The van der Waals surface area contributed by atoms with E-state index in [4.69, 9.17) is 9.47 Å². The minimum absolute atomic E-state index is 0.142. The number of esters is 1. The molecule has 1 heterocycles. The van der Waals surface area contributed by atoms with E-state index in [9.17, 15) is 9.59 Å². The fourth-order valence-corrected chi connectivity index (χ4v) is 1.43. The molecule has 0 bridgehead atoms. The van der Waals surface area contributed by atoms with Crippen LogP contribution in [0.1, 0.15) is 20.3 Å². The Morgan fingerprint density at radius 3 is 2.77 bits per heavy atom. The molecule has 74 valence electrons. The maximum absolute atomic E-state index is 11.3. The number of ketones is 1. The quantitative estimate of drug-likeness (QED) is 0.477. The summed E-state index contributed by atoms with van der Waals surface area (Å²) in [5.41, 5.74) is -0.955. The molecule has 4 nitrogen and oxygen atoms in total. The van der Waals surface area contributed by atoms with Crippen LogP contribution in [0.3, 0.4) is 0 Å². The first-order valence-electron chi connectivity index (χ1n) is 4.22. The van der Waals surface area contributed by atoms with E-state index in [1.54, 1.807) is 6.92 Å². The minimum atomic E-state index is -0.955. The van der Waals surface area contributed by atoms with Crippen LogP contribution in [0.4, 0.5) is 0 Å². The van der Waals surface area contributed by atoms with Crippen molar-refractivity contribution in [1.82, 2.24) is 0 Å². The molecule has 0 saturated carbocycles. The Labute approximate surface area is 77.2 Å². The van der Waals surface area contributed by atoms with Crippen molar-refractivity contribution in [3.63, 3.8) is 0 Å². The number of rotatable bonds is 3. The van der Waals surface area contributed by atoms with Crippen molar-refractivity contribution in [1.29, 1.82) is 0 Å². The van der Waals surface area contributed by atoms with Gasteiger partial charge in [-0.25, -0.2) is 0 Å². The van der Waals surface area contributed by atoms with Crippen LogP contribution in [-0.2, 0) is 19.1 Å². The third-order valence-electron chi connectivity index (χ3n) is 2.49. The molecule has 4 heteroatoms. The molecule has 1 aliphatic heterocycles. The topological polar surface area (TPSA) is 52.6 Å². The minimum Gasteiger partial charge on any atom is -0.459 e. The van der Waals surface area contributed by atoms with Crippen molar-refractivity contribution in [3.05, 3.63) is 0 Å². The lowest BCUT2D eigenvalue weighted by molar-refractivity contribution is -0.152. The highest BCUT2D eigenvalue weighted by molar-refractivity contribution is 6.03. The van der Waals surface area contributed by atoms with Crippen molar-refractivity contribution >= 4 is 11.8 Å². The molecule has 0 radical (unpaired) electrons. The smallest absolute Gasteiger partial charge is 0.319 e. The van der Waals surface area contributed by atoms with E-state index in [1.165, 1.54) is 14.0 Å². The van der Waals surface area contributed by atoms with Crippen molar-refractivity contribution in [2.45, 2.75) is 26.4 Å². The average Bonchev–Trinajstić information content (AvgIpc) is 2.29. The Bertz CT molecular complexity index is 236. The molecule has 13 heavy (non-hydrogen) atoms. The van der Waals surface area contributed by atoms with Gasteiger partial charge < -0.3 is 9.47 Å². The number of ether oxygens (including phenoxy) is 2. The maximum Gasteiger partial charge on any atom is 0.319 e. The zero-order valence-corrected chi connectivity index (χ0v) is 8.12. The number of hydrogen-bond acceptors (Lipinski definition) is 4. The standard InChI is InChI=1S/C9H14O4/c1-6(10)9(2)4-7(5-12-3)13-8(9)11/h7H,4-5H2,1-3H3/t7-,9-/m1/s1. The average molecular weight is 186 g/mol. The SMILES string of the molecule is COC[C@H]1C[C@](C)(C(C)=O)C(=O)O1. The van der Waals surface area contributed by atoms with Gasteiger partial charge in [0, 0.05) is 13.5 Å². The first-order valence-corrected chi connectivity index (χ1v) is 4.22. The van der Waals surface area contributed by atoms with E-state index >= 15 is 0 Å². The van der Waals surface area contributed by atoms with Gasteiger partial charge in [-0.2, -0.15) is 0 Å². The Morgan fingerprint density at radius 1 is 1.77 bits per heavy atom. The number of carbonyl (C=O) groups is 2. The fourth-order valence-electron chi connectivity index (χ4n) is 1.43. The summed E-state index contributed by atoms with van der Waals surface area (Å²) < 4.78 is 9.85. The molecule has 0 aromatic carbocycles. The molecular formula is C9H14O4. The van der Waals surface area contributed by atoms with Crippen molar-refractivity contribution in [2.75, 3.05) is 13.7 Å². The summed E-state index contributed by atoms with van der Waals surface area (Å²) in [5, 5.41) is 0. The number of hydrogen-bond donors (Lipinski definition) is 0. The first-order chi connectivity index (χ1) is 6.00. The van der Waals surface area contributed by atoms with Crippen LogP contribution in [0, 0.1) is 5.41 Å². The van der Waals surface area contributed by atoms with E-state index in [0.717, 1.165) is 0 Å². The van der Waals surface area contributed by atoms with Gasteiger partial charge in [-0.1, -0.05) is 0 Å². The highest BCUT2D eigenvalue weighted by Crippen LogP contribution is 2.34. The molecule has 2 atom stereocenters. The monoisotopic (exact) mass is 186 g/mol. The molecule has 0 aromatic heterocycles. The molecule has 1 saturated heterocycles. The van der Waals surface area contributed by atoms with Gasteiger partial charge >= 0.3 is 5.97 Å². The van der Waals surface area contributed by atoms with E-state index in [0.29, 0.717) is 13.0 Å². The fraction of sp³-hybridized carbons (Fsp3) is 0.778. The van der Waals surface area contributed by atoms with E-state index in [-0.39, 0.29) is 11.9 Å². The second kappa shape index (κ2) is 3.46. The summed E-state index contributed by atoms with van der Waals surface area (Å²) in [6.07, 6.45) is 0.154. The largest absolute Gasteiger partial charge is 0.459 e. The molecule has 0 spiro atoms. The van der Waals surface area contributed by atoms with Crippen LogP contribution >= 0.6 is 0 Å². The molecule has 1 rings (SSSR count). The predicted molar refractivity (Wildman–Crippen MR) is 45.2 cm³/mol. The van der Waals surface area contributed by atoms with Gasteiger partial charge in [0.25, 0.3) is 0 Å². The van der Waals surface area contributed by atoms with E-state index < -0.39 is 11.4 Å². The molecule has 0 amide bonds. The van der Waals surface area contributed by atoms with Crippen molar-refractivity contribution in [2.24, 2.45) is 5.41 Å². The third kappa shape index (κ3) is 1.72. The second-order valence-corrected chi connectivity index (χ2v) is 3.58. The number of carbonyl (C=O) groups excluding carboxylic acids is 2. The highest BCUT2D eigenvalue weighted by Gasteiger charge is 2.48. The van der Waals surface area contributed by atoms with Gasteiger partial charge in [0.1, 0.15) is 17.3 Å². The van der Waals surface area contributed by atoms with Gasteiger partial charge in [0.2, 0.25) is 0 Å². The van der Waals surface area contributed by atoms with Crippen LogP contribution in [0.2, 0.25) is 0 Å². The van der Waals surface area contributed by atoms with Crippen molar-refractivity contribution < 1.29 is 19.1 Å². The summed E-state index contributed by atoms with van der Waals surface area (Å²) in [7, 11) is 1.54. The third-order valence-corrected chi connectivity index (χ3v) is 2.49. The lowest BCUT2D eigenvalue weighted by Crippen LogP contribution is -2.30. The Balaban J connectivity index is 2.71. The van der Waals surface area contributed by atoms with Gasteiger partial charge in [0.15, 0.2) is 0 Å². The zero-order chi connectivity index (χ0) is 10.1. The Morgan fingerprint density at radius 2 is 2.38 bits per heavy atom. The van der Waals surface area contributed by atoms with Crippen molar-refractivity contribution in [3.8, 4) is 0 Å². The number of methoxy groups -OCH3 is 1. The maximum atomic E-state index is 11.3. The molecule has 0 aliphatic carbocycles. The summed E-state index contributed by atoms with van der Waals surface area (Å²) >= 11 is 0. The highest BCUT2D eigenvalue weighted by atomic mass is 16.6. The van der Waals surface area contributed by atoms with Gasteiger partial charge in [0.05, 0.1) is 6.61 Å². The number of Topliss-reactive ketones (excluding diaryl/α,β-unsaturated/α-hetero) is 1. The molecule has 1 fully saturated rings. The van der Waals surface area contributed by atoms with Crippen LogP contribution in [0.5, 0.6) is 0 Å². The first kappa shape index (κ1) is 10.2. The summed E-state index contributed by atoms with van der Waals surface area (Å²) in [5.74, 6) is -0.571. The van der Waals surface area contributed by atoms with Gasteiger partial charge in [-0.05, 0) is 13.8 Å². The van der Waals surface area contributed by atoms with Crippen LogP contribution < -0.4 is 0 Å². The summed E-state index contributed by atoms with van der Waals surface area (Å²) in [6, 6.07) is 0.